The number of rotatable bonds is 3. The monoisotopic (exact) mass is 217 g/mol. The van der Waals surface area contributed by atoms with Gasteiger partial charge in [-0.1, -0.05) is 12.1 Å². The summed E-state index contributed by atoms with van der Waals surface area (Å²) in [6.07, 6.45) is 6.83. The molecule has 2 rings (SSSR count). The van der Waals surface area contributed by atoms with Crippen LogP contribution in [0.4, 0.5) is 0 Å². The second-order valence-corrected chi connectivity index (χ2v) is 4.18. The lowest BCUT2D eigenvalue weighted by Crippen LogP contribution is -2.03. The van der Waals surface area contributed by atoms with E-state index in [1.165, 1.54) is 29.5 Å². The molecular formula is C14H19NO. The second-order valence-electron chi connectivity index (χ2n) is 4.18. The van der Waals surface area contributed by atoms with Crippen LogP contribution in [0.15, 0.2) is 24.3 Å². The van der Waals surface area contributed by atoms with Crippen LogP contribution < -0.4 is 10.5 Å². The first-order valence-corrected chi connectivity index (χ1v) is 5.91. The summed E-state index contributed by atoms with van der Waals surface area (Å²) in [7, 11) is 1.72. The number of nitrogens with two attached hydrogens (primary N) is 1. The van der Waals surface area contributed by atoms with E-state index in [2.05, 4.69) is 18.2 Å². The summed E-state index contributed by atoms with van der Waals surface area (Å²) in [6.45, 7) is 0.731. The fourth-order valence-electron chi connectivity index (χ4n) is 2.29. The molecule has 0 spiro atoms. The summed E-state index contributed by atoms with van der Waals surface area (Å²) < 4.78 is 5.26. The van der Waals surface area contributed by atoms with E-state index in [-0.39, 0.29) is 0 Å². The van der Waals surface area contributed by atoms with Crippen molar-refractivity contribution >= 4 is 5.57 Å². The maximum absolute atomic E-state index is 5.55. The Morgan fingerprint density at radius 1 is 1.38 bits per heavy atom. The number of ether oxygens (including phenoxy) is 1. The van der Waals surface area contributed by atoms with E-state index in [4.69, 9.17) is 10.5 Å². The fourth-order valence-corrected chi connectivity index (χ4v) is 2.29. The van der Waals surface area contributed by atoms with Gasteiger partial charge in [-0.2, -0.15) is 0 Å². The summed E-state index contributed by atoms with van der Waals surface area (Å²) in [5.74, 6) is 0.957. The molecule has 86 valence electrons. The van der Waals surface area contributed by atoms with Crippen LogP contribution in [0.2, 0.25) is 0 Å². The van der Waals surface area contributed by atoms with E-state index >= 15 is 0 Å². The summed E-state index contributed by atoms with van der Waals surface area (Å²) >= 11 is 0. The molecule has 0 aliphatic heterocycles. The third kappa shape index (κ3) is 2.27. The van der Waals surface area contributed by atoms with Gasteiger partial charge in [-0.05, 0) is 61.1 Å². The van der Waals surface area contributed by atoms with E-state index < -0.39 is 0 Å². The highest BCUT2D eigenvalue weighted by molar-refractivity contribution is 5.70. The lowest BCUT2D eigenvalue weighted by Gasteiger charge is -2.19. The van der Waals surface area contributed by atoms with Crippen molar-refractivity contribution in [2.45, 2.75) is 25.7 Å². The quantitative estimate of drug-likeness (QED) is 0.845. The third-order valence-corrected chi connectivity index (χ3v) is 3.11. The fraction of sp³-hybridized carbons (Fsp3) is 0.429. The summed E-state index contributed by atoms with van der Waals surface area (Å²) in [4.78, 5) is 0. The van der Waals surface area contributed by atoms with Gasteiger partial charge in [-0.3, -0.25) is 0 Å². The molecule has 0 bridgehead atoms. The maximum Gasteiger partial charge on any atom is 0.119 e. The van der Waals surface area contributed by atoms with E-state index in [9.17, 15) is 0 Å². The molecule has 1 aromatic rings. The molecule has 2 nitrogen and oxygen atoms in total. The first-order chi connectivity index (χ1) is 7.85. The molecule has 0 amide bonds. The molecule has 1 aliphatic carbocycles. The Morgan fingerprint density at radius 2 is 2.25 bits per heavy atom. The zero-order chi connectivity index (χ0) is 11.4. The molecule has 1 aliphatic rings. The normalized spacial score (nSPS) is 17.2. The molecule has 0 atom stereocenters. The van der Waals surface area contributed by atoms with Crippen LogP contribution in [0.1, 0.15) is 30.4 Å². The summed E-state index contributed by atoms with van der Waals surface area (Å²) in [5.41, 5.74) is 9.80. The van der Waals surface area contributed by atoms with Crippen LogP contribution in [0.25, 0.3) is 5.57 Å². The molecule has 0 fully saturated rings. The Morgan fingerprint density at radius 3 is 3.00 bits per heavy atom. The Hall–Kier alpha value is -1.28. The summed E-state index contributed by atoms with van der Waals surface area (Å²) in [6, 6.07) is 6.38. The summed E-state index contributed by atoms with van der Waals surface area (Å²) in [5, 5.41) is 0. The standard InChI is InChI=1S/C14H19NO/c1-16-13-7-8-14-11(6-3-9-15)4-2-5-12(14)10-13/h6-8,10H,2-5,9,15H2,1H3. The minimum Gasteiger partial charge on any atom is -0.497 e. The van der Waals surface area contributed by atoms with E-state index in [1.807, 2.05) is 6.07 Å². The van der Waals surface area contributed by atoms with Gasteiger partial charge < -0.3 is 10.5 Å². The van der Waals surface area contributed by atoms with Gasteiger partial charge >= 0.3 is 0 Å². The van der Waals surface area contributed by atoms with Crippen LogP contribution in [0.3, 0.4) is 0 Å². The van der Waals surface area contributed by atoms with Gasteiger partial charge in [0.15, 0.2) is 0 Å². The number of benzene rings is 1. The number of hydrogen-bond acceptors (Lipinski definition) is 2. The van der Waals surface area contributed by atoms with E-state index in [1.54, 1.807) is 7.11 Å². The van der Waals surface area contributed by atoms with Crippen LogP contribution >= 0.6 is 0 Å². The largest absolute Gasteiger partial charge is 0.497 e. The van der Waals surface area contributed by atoms with Crippen molar-refractivity contribution in [2.75, 3.05) is 13.7 Å². The lowest BCUT2D eigenvalue weighted by molar-refractivity contribution is 0.414. The van der Waals surface area contributed by atoms with Gasteiger partial charge in [0.25, 0.3) is 0 Å². The molecule has 0 saturated heterocycles. The van der Waals surface area contributed by atoms with Crippen molar-refractivity contribution in [3.63, 3.8) is 0 Å². The Labute approximate surface area is 97.1 Å². The van der Waals surface area contributed by atoms with Crippen LogP contribution in [-0.4, -0.2) is 13.7 Å². The zero-order valence-electron chi connectivity index (χ0n) is 9.83. The van der Waals surface area contributed by atoms with Crippen molar-refractivity contribution in [3.8, 4) is 5.75 Å². The molecule has 2 N–H and O–H groups in total. The molecule has 16 heavy (non-hydrogen) atoms. The van der Waals surface area contributed by atoms with Gasteiger partial charge in [0, 0.05) is 0 Å². The van der Waals surface area contributed by atoms with Gasteiger partial charge in [0.1, 0.15) is 5.75 Å². The molecular weight excluding hydrogens is 198 g/mol. The third-order valence-electron chi connectivity index (χ3n) is 3.11. The molecule has 0 unspecified atom stereocenters. The van der Waals surface area contributed by atoms with Gasteiger partial charge in [-0.15, -0.1) is 0 Å². The Balaban J connectivity index is 2.32. The highest BCUT2D eigenvalue weighted by Crippen LogP contribution is 2.33. The molecule has 2 heteroatoms. The Kier molecular flexibility index (Phi) is 3.62. The highest BCUT2D eigenvalue weighted by Gasteiger charge is 2.14. The minimum atomic E-state index is 0.731. The van der Waals surface area contributed by atoms with E-state index in [0.717, 1.165) is 25.1 Å². The molecule has 0 heterocycles. The van der Waals surface area contributed by atoms with Crippen LogP contribution in [0.5, 0.6) is 5.75 Å². The number of fused-ring (bicyclic) bond motifs is 1. The van der Waals surface area contributed by atoms with Crippen molar-refractivity contribution in [1.82, 2.24) is 0 Å². The van der Waals surface area contributed by atoms with Crippen molar-refractivity contribution in [3.05, 3.63) is 35.4 Å². The van der Waals surface area contributed by atoms with E-state index in [0.29, 0.717) is 0 Å². The van der Waals surface area contributed by atoms with Crippen LogP contribution in [0, 0.1) is 0 Å². The second kappa shape index (κ2) is 5.17. The number of methoxy groups -OCH3 is 1. The Bertz CT molecular complexity index is 396. The molecule has 1 aromatic carbocycles. The predicted molar refractivity (Wildman–Crippen MR) is 67.6 cm³/mol. The SMILES string of the molecule is COc1ccc2c(c1)CCCC2=CCCN. The average Bonchev–Trinajstić information content (AvgIpc) is 2.35. The molecule has 0 radical (unpaired) electrons. The van der Waals surface area contributed by atoms with Gasteiger partial charge in [0.05, 0.1) is 7.11 Å². The first kappa shape index (κ1) is 11.2. The topological polar surface area (TPSA) is 35.2 Å². The first-order valence-electron chi connectivity index (χ1n) is 5.91. The van der Waals surface area contributed by atoms with Gasteiger partial charge in [0.2, 0.25) is 0 Å². The zero-order valence-corrected chi connectivity index (χ0v) is 9.83. The maximum atomic E-state index is 5.55. The highest BCUT2D eigenvalue weighted by atomic mass is 16.5. The number of hydrogen-bond donors (Lipinski definition) is 1. The smallest absolute Gasteiger partial charge is 0.119 e. The predicted octanol–water partition coefficient (Wildman–Crippen LogP) is 2.76. The number of allylic oxidation sites excluding steroid dienone is 1. The average molecular weight is 217 g/mol. The molecule has 0 saturated carbocycles. The van der Waals surface area contributed by atoms with Crippen LogP contribution in [-0.2, 0) is 6.42 Å². The number of aryl methyl sites for hydroxylation is 1. The van der Waals surface area contributed by atoms with Crippen molar-refractivity contribution < 1.29 is 4.74 Å². The van der Waals surface area contributed by atoms with Crippen molar-refractivity contribution in [1.29, 1.82) is 0 Å². The molecule has 0 aromatic heterocycles. The lowest BCUT2D eigenvalue weighted by atomic mass is 9.87. The van der Waals surface area contributed by atoms with Crippen molar-refractivity contribution in [2.24, 2.45) is 5.73 Å². The minimum absolute atomic E-state index is 0.731. The van der Waals surface area contributed by atoms with Gasteiger partial charge in [-0.25, -0.2) is 0 Å².